The highest BCUT2D eigenvalue weighted by atomic mass is 32.1. The Bertz CT molecular complexity index is 431. The number of fused-ring (bicyclic) bond motifs is 1. The van der Waals surface area contributed by atoms with E-state index in [1.54, 1.807) is 11.5 Å². The number of nitrogens with zero attached hydrogens (tertiary/aromatic N) is 2. The van der Waals surface area contributed by atoms with Crippen molar-refractivity contribution in [1.82, 2.24) is 9.36 Å². The van der Waals surface area contributed by atoms with Crippen LogP contribution in [0, 0.1) is 6.92 Å². The summed E-state index contributed by atoms with van der Waals surface area (Å²) in [5.74, 6) is 0.524. The van der Waals surface area contributed by atoms with Gasteiger partial charge in [-0.1, -0.05) is 13.8 Å². The van der Waals surface area contributed by atoms with Gasteiger partial charge in [0.1, 0.15) is 0 Å². The van der Waals surface area contributed by atoms with Crippen LogP contribution >= 0.6 is 11.5 Å². The number of hydrogen-bond acceptors (Lipinski definition) is 3. The molecule has 0 N–H and O–H groups in total. The van der Waals surface area contributed by atoms with Crippen LogP contribution in [-0.2, 0) is 0 Å². The van der Waals surface area contributed by atoms with Gasteiger partial charge in [-0.15, -0.1) is 0 Å². The summed E-state index contributed by atoms with van der Waals surface area (Å²) >= 11 is 1.58. The van der Waals surface area contributed by atoms with E-state index >= 15 is 0 Å². The van der Waals surface area contributed by atoms with Crippen LogP contribution in [0.15, 0.2) is 12.4 Å². The van der Waals surface area contributed by atoms with E-state index < -0.39 is 0 Å². The van der Waals surface area contributed by atoms with Crippen LogP contribution in [0.4, 0.5) is 0 Å². The minimum Gasteiger partial charge on any atom is -0.264 e. The van der Waals surface area contributed by atoms with E-state index in [4.69, 9.17) is 0 Å². The third-order valence-corrected chi connectivity index (χ3v) is 3.21. The molecule has 2 aromatic rings. The molecule has 0 spiro atoms. The minimum atomic E-state index is 0.524. The van der Waals surface area contributed by atoms with Crippen molar-refractivity contribution in [2.75, 3.05) is 0 Å². The van der Waals surface area contributed by atoms with Crippen molar-refractivity contribution in [3.05, 3.63) is 23.7 Å². The van der Waals surface area contributed by atoms with Crippen molar-refractivity contribution in [2.24, 2.45) is 0 Å². The zero-order valence-electron chi connectivity index (χ0n) is 8.03. The molecule has 2 nitrogen and oxygen atoms in total. The van der Waals surface area contributed by atoms with Crippen molar-refractivity contribution in [3.63, 3.8) is 0 Å². The third kappa shape index (κ3) is 1.33. The first-order chi connectivity index (χ1) is 6.20. The van der Waals surface area contributed by atoms with Crippen LogP contribution in [0.25, 0.3) is 10.1 Å². The number of aryl methyl sites for hydroxylation is 1. The lowest BCUT2D eigenvalue weighted by Crippen LogP contribution is -1.88. The Morgan fingerprint density at radius 3 is 2.77 bits per heavy atom. The summed E-state index contributed by atoms with van der Waals surface area (Å²) in [5, 5.41) is 1.20. The average Bonchev–Trinajstić information content (AvgIpc) is 2.48. The van der Waals surface area contributed by atoms with Crippen LogP contribution in [0.3, 0.4) is 0 Å². The monoisotopic (exact) mass is 192 g/mol. The van der Waals surface area contributed by atoms with Gasteiger partial charge in [-0.2, -0.15) is 4.37 Å². The highest BCUT2D eigenvalue weighted by Gasteiger charge is 2.09. The van der Waals surface area contributed by atoms with E-state index in [0.717, 1.165) is 5.69 Å². The maximum absolute atomic E-state index is 4.34. The second-order valence-corrected chi connectivity index (χ2v) is 4.30. The summed E-state index contributed by atoms with van der Waals surface area (Å²) in [6.07, 6.45) is 3.85. The Kier molecular flexibility index (Phi) is 2.04. The Labute approximate surface area is 81.8 Å². The molecule has 3 heteroatoms. The largest absolute Gasteiger partial charge is 0.264 e. The summed E-state index contributed by atoms with van der Waals surface area (Å²) in [4.78, 5) is 4.23. The standard InChI is InChI=1S/C10H12N2S/c1-6(2)8-4-11-5-9-7(3)12-13-10(8)9/h4-6H,1-3H3. The molecular weight excluding hydrogens is 180 g/mol. The summed E-state index contributed by atoms with van der Waals surface area (Å²) in [6, 6.07) is 0. The lowest BCUT2D eigenvalue weighted by atomic mass is 10.0. The van der Waals surface area contributed by atoms with Gasteiger partial charge in [0.25, 0.3) is 0 Å². The fourth-order valence-corrected chi connectivity index (χ4v) is 2.42. The molecule has 0 aliphatic carbocycles. The van der Waals surface area contributed by atoms with Crippen molar-refractivity contribution in [1.29, 1.82) is 0 Å². The second-order valence-electron chi connectivity index (χ2n) is 3.53. The fourth-order valence-electron chi connectivity index (χ4n) is 1.40. The van der Waals surface area contributed by atoms with Gasteiger partial charge in [0.15, 0.2) is 0 Å². The summed E-state index contributed by atoms with van der Waals surface area (Å²) in [6.45, 7) is 6.40. The summed E-state index contributed by atoms with van der Waals surface area (Å²) in [7, 11) is 0. The van der Waals surface area contributed by atoms with E-state index in [0.29, 0.717) is 5.92 Å². The number of hydrogen-bond donors (Lipinski definition) is 0. The quantitative estimate of drug-likeness (QED) is 0.693. The first-order valence-corrected chi connectivity index (χ1v) is 5.17. The van der Waals surface area contributed by atoms with Crippen LogP contribution in [-0.4, -0.2) is 9.36 Å². The molecule has 0 radical (unpaired) electrons. The van der Waals surface area contributed by atoms with E-state index in [-0.39, 0.29) is 0 Å². The Morgan fingerprint density at radius 2 is 2.08 bits per heavy atom. The Balaban J connectivity index is 2.77. The highest BCUT2D eigenvalue weighted by molar-refractivity contribution is 7.13. The highest BCUT2D eigenvalue weighted by Crippen LogP contribution is 2.29. The molecule has 2 rings (SSSR count). The Hall–Kier alpha value is -0.960. The van der Waals surface area contributed by atoms with Crippen molar-refractivity contribution >= 4 is 21.6 Å². The summed E-state index contributed by atoms with van der Waals surface area (Å²) < 4.78 is 5.63. The molecule has 0 unspecified atom stereocenters. The smallest absolute Gasteiger partial charge is 0.0618 e. The molecule has 13 heavy (non-hydrogen) atoms. The molecule has 0 aliphatic heterocycles. The summed E-state index contributed by atoms with van der Waals surface area (Å²) in [5.41, 5.74) is 2.40. The van der Waals surface area contributed by atoms with Crippen LogP contribution < -0.4 is 0 Å². The zero-order valence-corrected chi connectivity index (χ0v) is 8.85. The van der Waals surface area contributed by atoms with Gasteiger partial charge in [0, 0.05) is 17.8 Å². The van der Waals surface area contributed by atoms with Gasteiger partial charge < -0.3 is 0 Å². The zero-order chi connectivity index (χ0) is 9.42. The van der Waals surface area contributed by atoms with Crippen LogP contribution in [0.5, 0.6) is 0 Å². The first kappa shape index (κ1) is 8.63. The molecular formula is C10H12N2S. The lowest BCUT2D eigenvalue weighted by molar-refractivity contribution is 0.871. The fraction of sp³-hybridized carbons (Fsp3) is 0.400. The molecule has 2 heterocycles. The average molecular weight is 192 g/mol. The second kappa shape index (κ2) is 3.07. The van der Waals surface area contributed by atoms with Crippen LogP contribution in [0.1, 0.15) is 31.0 Å². The van der Waals surface area contributed by atoms with Gasteiger partial charge in [0.05, 0.1) is 10.4 Å². The maximum atomic E-state index is 4.34. The number of rotatable bonds is 1. The van der Waals surface area contributed by atoms with Gasteiger partial charge in [-0.25, -0.2) is 0 Å². The topological polar surface area (TPSA) is 25.8 Å². The minimum absolute atomic E-state index is 0.524. The van der Waals surface area contributed by atoms with Crippen LogP contribution in [0.2, 0.25) is 0 Å². The van der Waals surface area contributed by atoms with Crippen molar-refractivity contribution in [3.8, 4) is 0 Å². The SMILES string of the molecule is Cc1nsc2c(C(C)C)cncc12. The van der Waals surface area contributed by atoms with E-state index in [1.165, 1.54) is 15.6 Å². The molecule has 0 amide bonds. The van der Waals surface area contributed by atoms with E-state index in [1.807, 2.05) is 19.3 Å². The molecule has 0 aromatic carbocycles. The van der Waals surface area contributed by atoms with Crippen molar-refractivity contribution in [2.45, 2.75) is 26.7 Å². The molecule has 0 saturated carbocycles. The van der Waals surface area contributed by atoms with Gasteiger partial charge in [0.2, 0.25) is 0 Å². The predicted molar refractivity (Wildman–Crippen MR) is 56.2 cm³/mol. The van der Waals surface area contributed by atoms with E-state index in [9.17, 15) is 0 Å². The lowest BCUT2D eigenvalue weighted by Gasteiger charge is -2.04. The molecule has 0 saturated heterocycles. The molecule has 0 aliphatic rings. The normalized spacial score (nSPS) is 11.4. The molecule has 2 aromatic heterocycles. The number of aromatic nitrogens is 2. The van der Waals surface area contributed by atoms with Gasteiger partial charge in [-0.05, 0) is 29.9 Å². The predicted octanol–water partition coefficient (Wildman–Crippen LogP) is 3.12. The van der Waals surface area contributed by atoms with E-state index in [2.05, 4.69) is 23.2 Å². The maximum Gasteiger partial charge on any atom is 0.0618 e. The third-order valence-electron chi connectivity index (χ3n) is 2.21. The Morgan fingerprint density at radius 1 is 1.31 bits per heavy atom. The molecule has 0 fully saturated rings. The first-order valence-electron chi connectivity index (χ1n) is 4.40. The van der Waals surface area contributed by atoms with Gasteiger partial charge in [-0.3, -0.25) is 4.98 Å². The number of pyridine rings is 1. The van der Waals surface area contributed by atoms with Gasteiger partial charge >= 0.3 is 0 Å². The molecule has 0 bridgehead atoms. The van der Waals surface area contributed by atoms with Crippen molar-refractivity contribution < 1.29 is 0 Å². The molecule has 68 valence electrons. The molecule has 0 atom stereocenters.